The molecule has 0 radical (unpaired) electrons. The molecule has 0 bridgehead atoms. The highest BCUT2D eigenvalue weighted by Gasteiger charge is 2.21. The number of halogens is 1. The summed E-state index contributed by atoms with van der Waals surface area (Å²) in [6, 6.07) is 3.52. The Bertz CT molecular complexity index is 351. The third kappa shape index (κ3) is 1.53. The van der Waals surface area contributed by atoms with Crippen LogP contribution in [0.2, 0.25) is 5.02 Å². The maximum Gasteiger partial charge on any atom is 0.231 e. The van der Waals surface area contributed by atoms with Gasteiger partial charge in [0.05, 0.1) is 0 Å². The van der Waals surface area contributed by atoms with Gasteiger partial charge in [-0.1, -0.05) is 18.5 Å². The van der Waals surface area contributed by atoms with E-state index in [0.717, 1.165) is 5.56 Å². The van der Waals surface area contributed by atoms with Crippen LogP contribution in [0.4, 0.5) is 0 Å². The van der Waals surface area contributed by atoms with Gasteiger partial charge in [0, 0.05) is 29.2 Å². The molecule has 0 aliphatic carbocycles. The van der Waals surface area contributed by atoms with Crippen LogP contribution in [0.1, 0.15) is 18.4 Å². The van der Waals surface area contributed by atoms with Crippen molar-refractivity contribution in [3.05, 3.63) is 22.7 Å². The maximum atomic E-state index is 9.07. The highest BCUT2D eigenvalue weighted by Crippen LogP contribution is 2.41. The Morgan fingerprint density at radius 3 is 3.00 bits per heavy atom. The molecule has 1 aromatic carbocycles. The Morgan fingerprint density at radius 1 is 1.50 bits per heavy atom. The molecule has 0 fully saturated rings. The van der Waals surface area contributed by atoms with E-state index < -0.39 is 0 Å². The van der Waals surface area contributed by atoms with Crippen molar-refractivity contribution in [2.75, 3.05) is 13.4 Å². The molecule has 14 heavy (non-hydrogen) atoms. The second-order valence-corrected chi connectivity index (χ2v) is 3.75. The highest BCUT2D eigenvalue weighted by atomic mass is 35.5. The summed E-state index contributed by atoms with van der Waals surface area (Å²) in [6.45, 7) is 2.20. The van der Waals surface area contributed by atoms with Crippen molar-refractivity contribution < 1.29 is 14.6 Å². The van der Waals surface area contributed by atoms with E-state index in [9.17, 15) is 0 Å². The van der Waals surface area contributed by atoms with Gasteiger partial charge in [-0.05, 0) is 6.07 Å². The van der Waals surface area contributed by atoms with Gasteiger partial charge in [0.1, 0.15) is 0 Å². The summed E-state index contributed by atoms with van der Waals surface area (Å²) >= 11 is 5.91. The minimum absolute atomic E-state index is 0.00384. The smallest absolute Gasteiger partial charge is 0.231 e. The van der Waals surface area contributed by atoms with Crippen LogP contribution >= 0.6 is 11.6 Å². The zero-order valence-corrected chi connectivity index (χ0v) is 8.54. The van der Waals surface area contributed by atoms with Crippen LogP contribution in [0.15, 0.2) is 12.1 Å². The molecule has 1 atom stereocenters. The predicted octanol–water partition coefficient (Wildman–Crippen LogP) is 2.16. The molecule has 0 saturated heterocycles. The van der Waals surface area contributed by atoms with Gasteiger partial charge in [-0.15, -0.1) is 0 Å². The summed E-state index contributed by atoms with van der Waals surface area (Å²) in [5.41, 5.74) is 0.896. The maximum absolute atomic E-state index is 9.07. The molecule has 0 saturated carbocycles. The first-order chi connectivity index (χ1) is 6.72. The lowest BCUT2D eigenvalue weighted by Gasteiger charge is -2.11. The molecule has 3 nitrogen and oxygen atoms in total. The van der Waals surface area contributed by atoms with Crippen molar-refractivity contribution in [3.8, 4) is 11.5 Å². The molecule has 1 aromatic rings. The molecule has 1 unspecified atom stereocenters. The Kier molecular flexibility index (Phi) is 2.52. The highest BCUT2D eigenvalue weighted by molar-refractivity contribution is 6.30. The summed E-state index contributed by atoms with van der Waals surface area (Å²) in [4.78, 5) is 0. The van der Waals surface area contributed by atoms with E-state index in [4.69, 9.17) is 26.2 Å². The van der Waals surface area contributed by atoms with E-state index in [2.05, 4.69) is 0 Å². The van der Waals surface area contributed by atoms with Crippen LogP contribution in [0.25, 0.3) is 0 Å². The summed E-state index contributed by atoms with van der Waals surface area (Å²) in [6.07, 6.45) is 0. The van der Waals surface area contributed by atoms with Crippen LogP contribution in [0.5, 0.6) is 11.5 Å². The number of aliphatic hydroxyl groups excluding tert-OH is 1. The molecule has 0 amide bonds. The summed E-state index contributed by atoms with van der Waals surface area (Å²) in [5, 5.41) is 9.67. The molecule has 1 aliphatic heterocycles. The van der Waals surface area contributed by atoms with Gasteiger partial charge >= 0.3 is 0 Å². The summed E-state index contributed by atoms with van der Waals surface area (Å²) in [5.74, 6) is 1.37. The first-order valence-corrected chi connectivity index (χ1v) is 4.80. The fourth-order valence-corrected chi connectivity index (χ4v) is 1.68. The summed E-state index contributed by atoms with van der Waals surface area (Å²) < 4.78 is 10.5. The van der Waals surface area contributed by atoms with Gasteiger partial charge in [0.2, 0.25) is 6.79 Å². The van der Waals surface area contributed by atoms with Crippen LogP contribution in [-0.4, -0.2) is 18.5 Å². The lowest BCUT2D eigenvalue weighted by Crippen LogP contribution is -2.01. The number of fused-ring (bicyclic) bond motifs is 1. The van der Waals surface area contributed by atoms with E-state index in [1.54, 1.807) is 12.1 Å². The van der Waals surface area contributed by atoms with Gasteiger partial charge in [-0.25, -0.2) is 0 Å². The van der Waals surface area contributed by atoms with Crippen LogP contribution in [-0.2, 0) is 0 Å². The fraction of sp³-hybridized carbons (Fsp3) is 0.400. The van der Waals surface area contributed by atoms with Crippen molar-refractivity contribution in [3.63, 3.8) is 0 Å². The van der Waals surface area contributed by atoms with E-state index in [1.807, 2.05) is 6.92 Å². The monoisotopic (exact) mass is 214 g/mol. The molecule has 4 heteroatoms. The Morgan fingerprint density at radius 2 is 2.29 bits per heavy atom. The Labute approximate surface area is 87.2 Å². The molecular formula is C10H11ClO3. The van der Waals surface area contributed by atoms with Crippen LogP contribution in [0.3, 0.4) is 0 Å². The SMILES string of the molecule is CC(CO)c1cc(Cl)cc2c1OCO2. The van der Waals surface area contributed by atoms with Gasteiger partial charge in [0.15, 0.2) is 11.5 Å². The van der Waals surface area contributed by atoms with E-state index in [0.29, 0.717) is 16.5 Å². The Balaban J connectivity index is 2.48. The third-order valence-electron chi connectivity index (χ3n) is 2.27. The molecular weight excluding hydrogens is 204 g/mol. The van der Waals surface area contributed by atoms with Crippen molar-refractivity contribution in [2.45, 2.75) is 12.8 Å². The van der Waals surface area contributed by atoms with E-state index >= 15 is 0 Å². The van der Waals surface area contributed by atoms with Crippen LogP contribution in [0, 0.1) is 0 Å². The van der Waals surface area contributed by atoms with Crippen molar-refractivity contribution >= 4 is 11.6 Å². The van der Waals surface area contributed by atoms with Crippen molar-refractivity contribution in [1.82, 2.24) is 0 Å². The normalized spacial score (nSPS) is 15.6. The first-order valence-electron chi connectivity index (χ1n) is 4.42. The summed E-state index contributed by atoms with van der Waals surface area (Å²) in [7, 11) is 0. The quantitative estimate of drug-likeness (QED) is 0.820. The number of benzene rings is 1. The number of hydrogen-bond acceptors (Lipinski definition) is 3. The lowest BCUT2D eigenvalue weighted by molar-refractivity contribution is 0.172. The topological polar surface area (TPSA) is 38.7 Å². The van der Waals surface area contributed by atoms with E-state index in [1.165, 1.54) is 0 Å². The Hall–Kier alpha value is -0.930. The fourth-order valence-electron chi connectivity index (χ4n) is 1.47. The molecule has 1 aliphatic rings. The molecule has 1 N–H and O–H groups in total. The van der Waals surface area contributed by atoms with Gasteiger partial charge < -0.3 is 14.6 Å². The number of hydrogen-bond donors (Lipinski definition) is 1. The predicted molar refractivity (Wildman–Crippen MR) is 53.1 cm³/mol. The van der Waals surface area contributed by atoms with Gasteiger partial charge in [-0.2, -0.15) is 0 Å². The molecule has 0 aromatic heterocycles. The largest absolute Gasteiger partial charge is 0.454 e. The second kappa shape index (κ2) is 3.67. The van der Waals surface area contributed by atoms with E-state index in [-0.39, 0.29) is 19.3 Å². The number of rotatable bonds is 2. The van der Waals surface area contributed by atoms with Gasteiger partial charge in [-0.3, -0.25) is 0 Å². The van der Waals surface area contributed by atoms with Crippen molar-refractivity contribution in [1.29, 1.82) is 0 Å². The standard InChI is InChI=1S/C10H11ClO3/c1-6(4-12)8-2-7(11)3-9-10(8)14-5-13-9/h2-3,6,12H,4-5H2,1H3. The second-order valence-electron chi connectivity index (χ2n) is 3.31. The van der Waals surface area contributed by atoms with Crippen molar-refractivity contribution in [2.24, 2.45) is 0 Å². The molecule has 0 spiro atoms. The average molecular weight is 215 g/mol. The molecule has 76 valence electrons. The zero-order valence-electron chi connectivity index (χ0n) is 7.79. The first kappa shape index (κ1) is 9.62. The van der Waals surface area contributed by atoms with Crippen LogP contribution < -0.4 is 9.47 Å². The molecule has 2 rings (SSSR count). The molecule has 1 heterocycles. The number of ether oxygens (including phenoxy) is 2. The average Bonchev–Trinajstić information content (AvgIpc) is 2.62. The number of aliphatic hydroxyl groups is 1. The lowest BCUT2D eigenvalue weighted by atomic mass is 10.0. The minimum atomic E-state index is 0.00384. The zero-order chi connectivity index (χ0) is 10.1. The third-order valence-corrected chi connectivity index (χ3v) is 2.49. The van der Waals surface area contributed by atoms with Gasteiger partial charge in [0.25, 0.3) is 0 Å². The minimum Gasteiger partial charge on any atom is -0.454 e.